The maximum absolute atomic E-state index is 13.6. The van der Waals surface area contributed by atoms with E-state index < -0.39 is 0 Å². The third-order valence-electron chi connectivity index (χ3n) is 6.90. The van der Waals surface area contributed by atoms with E-state index in [0.717, 1.165) is 59.2 Å². The van der Waals surface area contributed by atoms with Crippen molar-refractivity contribution >= 4 is 22.7 Å². The number of likely N-dealkylation sites (tertiary alicyclic amines) is 1. The van der Waals surface area contributed by atoms with Gasteiger partial charge in [0.25, 0.3) is 5.91 Å². The number of aromatic nitrogens is 1. The molecular formula is C28H25N3O2. The number of benzene rings is 3. The van der Waals surface area contributed by atoms with Crippen LogP contribution in [0.4, 0.5) is 0 Å². The van der Waals surface area contributed by atoms with Crippen molar-refractivity contribution in [3.8, 4) is 11.3 Å². The van der Waals surface area contributed by atoms with Gasteiger partial charge in [-0.25, -0.2) is 0 Å². The van der Waals surface area contributed by atoms with Crippen LogP contribution in [-0.2, 0) is 4.79 Å². The van der Waals surface area contributed by atoms with E-state index >= 15 is 0 Å². The Labute approximate surface area is 192 Å². The summed E-state index contributed by atoms with van der Waals surface area (Å²) in [6, 6.07) is 25.8. The van der Waals surface area contributed by atoms with E-state index in [1.165, 1.54) is 0 Å². The fourth-order valence-electron chi connectivity index (χ4n) is 5.34. The van der Waals surface area contributed by atoms with Crippen molar-refractivity contribution in [2.75, 3.05) is 19.6 Å². The Morgan fingerprint density at radius 1 is 0.879 bits per heavy atom. The Balaban J connectivity index is 1.54. The first-order chi connectivity index (χ1) is 16.2. The summed E-state index contributed by atoms with van der Waals surface area (Å²) in [6.45, 7) is 1.65. The van der Waals surface area contributed by atoms with E-state index in [-0.39, 0.29) is 24.4 Å². The van der Waals surface area contributed by atoms with Gasteiger partial charge >= 0.3 is 0 Å². The first kappa shape index (κ1) is 19.8. The molecule has 0 unspecified atom stereocenters. The van der Waals surface area contributed by atoms with Crippen molar-refractivity contribution in [3.05, 3.63) is 95.6 Å². The molecule has 164 valence electrons. The number of amides is 2. The fraction of sp³-hybridized carbons (Fsp3) is 0.214. The van der Waals surface area contributed by atoms with E-state index in [1.807, 2.05) is 59.5 Å². The number of hydrogen-bond acceptors (Lipinski definition) is 2. The standard InChI is InChI=1S/C28H25N3O2/c32-24(30-16-8-9-17-30)18-31-27(20-12-4-5-13-21(20)28(31)33)25-22-14-6-7-15-23(22)29-26(25)19-10-2-1-3-11-19/h1-7,10-15,27,29H,8-9,16-18H2/t27-/m1/s1. The number of carbonyl (C=O) groups excluding carboxylic acids is 2. The van der Waals surface area contributed by atoms with Crippen LogP contribution in [0.2, 0.25) is 0 Å². The highest BCUT2D eigenvalue weighted by Gasteiger charge is 2.41. The molecule has 1 saturated heterocycles. The third-order valence-corrected chi connectivity index (χ3v) is 6.90. The van der Waals surface area contributed by atoms with Crippen molar-refractivity contribution in [2.45, 2.75) is 18.9 Å². The van der Waals surface area contributed by atoms with Crippen LogP contribution in [0.1, 0.15) is 40.4 Å². The fourth-order valence-corrected chi connectivity index (χ4v) is 5.34. The minimum Gasteiger partial charge on any atom is -0.354 e. The SMILES string of the molecule is O=C(CN1C(=O)c2ccccc2[C@@H]1c1c(-c2ccccc2)[nH]c2ccccc12)N1CCCC1. The van der Waals surface area contributed by atoms with Crippen molar-refractivity contribution in [1.82, 2.24) is 14.8 Å². The molecule has 0 radical (unpaired) electrons. The molecule has 0 saturated carbocycles. The highest BCUT2D eigenvalue weighted by atomic mass is 16.2. The zero-order valence-electron chi connectivity index (χ0n) is 18.3. The normalized spacial score (nSPS) is 17.7. The summed E-state index contributed by atoms with van der Waals surface area (Å²) in [5.74, 6) is -0.0489. The molecule has 33 heavy (non-hydrogen) atoms. The molecule has 2 aliphatic heterocycles. The number of nitrogens with one attached hydrogen (secondary N) is 1. The lowest BCUT2D eigenvalue weighted by atomic mass is 9.93. The highest BCUT2D eigenvalue weighted by Crippen LogP contribution is 2.45. The molecule has 2 aliphatic rings. The van der Waals surface area contributed by atoms with Crippen LogP contribution in [0.25, 0.3) is 22.2 Å². The Morgan fingerprint density at radius 2 is 1.58 bits per heavy atom. The minimum atomic E-state index is -0.327. The van der Waals surface area contributed by atoms with Crippen LogP contribution in [-0.4, -0.2) is 46.2 Å². The van der Waals surface area contributed by atoms with Gasteiger partial charge in [-0.15, -0.1) is 0 Å². The van der Waals surface area contributed by atoms with Crippen LogP contribution in [0.3, 0.4) is 0 Å². The molecule has 1 N–H and O–H groups in total. The predicted octanol–water partition coefficient (Wildman–Crippen LogP) is 5.00. The average molecular weight is 436 g/mol. The van der Waals surface area contributed by atoms with Gasteiger partial charge in [-0.05, 0) is 36.1 Å². The van der Waals surface area contributed by atoms with Crippen LogP contribution >= 0.6 is 0 Å². The number of rotatable bonds is 4. The molecule has 5 heteroatoms. The van der Waals surface area contributed by atoms with Gasteiger partial charge in [-0.3, -0.25) is 9.59 Å². The lowest BCUT2D eigenvalue weighted by Crippen LogP contribution is -2.41. The van der Waals surface area contributed by atoms with Gasteiger partial charge in [-0.2, -0.15) is 0 Å². The number of H-pyrrole nitrogens is 1. The van der Waals surface area contributed by atoms with Gasteiger partial charge in [0.1, 0.15) is 6.54 Å². The van der Waals surface area contributed by atoms with E-state index in [4.69, 9.17) is 0 Å². The molecule has 0 bridgehead atoms. The predicted molar refractivity (Wildman–Crippen MR) is 129 cm³/mol. The van der Waals surface area contributed by atoms with Gasteiger partial charge in [0.15, 0.2) is 0 Å². The Kier molecular flexibility index (Phi) is 4.75. The van der Waals surface area contributed by atoms with Gasteiger partial charge in [0, 0.05) is 35.1 Å². The van der Waals surface area contributed by atoms with Crippen LogP contribution in [0, 0.1) is 0 Å². The number of carbonyl (C=O) groups is 2. The molecule has 6 rings (SSSR count). The Bertz CT molecular complexity index is 1350. The highest BCUT2D eigenvalue weighted by molar-refractivity contribution is 6.03. The maximum Gasteiger partial charge on any atom is 0.255 e. The van der Waals surface area contributed by atoms with Gasteiger partial charge in [-0.1, -0.05) is 66.7 Å². The molecule has 5 nitrogen and oxygen atoms in total. The van der Waals surface area contributed by atoms with Crippen molar-refractivity contribution in [2.24, 2.45) is 0 Å². The van der Waals surface area contributed by atoms with Crippen LogP contribution in [0.15, 0.2) is 78.9 Å². The van der Waals surface area contributed by atoms with E-state index in [1.54, 1.807) is 4.90 Å². The smallest absolute Gasteiger partial charge is 0.255 e. The summed E-state index contributed by atoms with van der Waals surface area (Å²) in [7, 11) is 0. The van der Waals surface area contributed by atoms with Crippen molar-refractivity contribution in [3.63, 3.8) is 0 Å². The molecule has 1 fully saturated rings. The van der Waals surface area contributed by atoms with Gasteiger partial charge in [0.05, 0.1) is 11.7 Å². The zero-order chi connectivity index (χ0) is 22.4. The lowest BCUT2D eigenvalue weighted by molar-refractivity contribution is -0.131. The van der Waals surface area contributed by atoms with Crippen molar-refractivity contribution in [1.29, 1.82) is 0 Å². The van der Waals surface area contributed by atoms with Crippen LogP contribution in [0.5, 0.6) is 0 Å². The van der Waals surface area contributed by atoms with Crippen molar-refractivity contribution < 1.29 is 9.59 Å². The minimum absolute atomic E-state index is 0.0276. The number of hydrogen-bond donors (Lipinski definition) is 1. The molecule has 3 heterocycles. The summed E-state index contributed by atoms with van der Waals surface area (Å²) in [4.78, 5) is 34.0. The lowest BCUT2D eigenvalue weighted by Gasteiger charge is -2.28. The van der Waals surface area contributed by atoms with Gasteiger partial charge < -0.3 is 14.8 Å². The zero-order valence-corrected chi connectivity index (χ0v) is 18.3. The summed E-state index contributed by atoms with van der Waals surface area (Å²) in [5, 5.41) is 1.07. The Morgan fingerprint density at radius 3 is 2.39 bits per heavy atom. The second-order valence-corrected chi connectivity index (χ2v) is 8.84. The van der Waals surface area contributed by atoms with Gasteiger partial charge in [0.2, 0.25) is 5.91 Å². The largest absolute Gasteiger partial charge is 0.354 e. The second-order valence-electron chi connectivity index (χ2n) is 8.84. The molecule has 2 amide bonds. The Hall–Kier alpha value is -3.86. The van der Waals surface area contributed by atoms with E-state index in [2.05, 4.69) is 29.2 Å². The molecular weight excluding hydrogens is 410 g/mol. The molecule has 0 spiro atoms. The number of para-hydroxylation sites is 1. The molecule has 0 aliphatic carbocycles. The topological polar surface area (TPSA) is 56.4 Å². The summed E-state index contributed by atoms with van der Waals surface area (Å²) in [6.07, 6.45) is 2.06. The number of fused-ring (bicyclic) bond motifs is 2. The summed E-state index contributed by atoms with van der Waals surface area (Å²) in [5.41, 5.74) is 5.76. The monoisotopic (exact) mass is 435 g/mol. The molecule has 4 aromatic rings. The summed E-state index contributed by atoms with van der Waals surface area (Å²) < 4.78 is 0. The first-order valence-electron chi connectivity index (χ1n) is 11.6. The average Bonchev–Trinajstić information content (AvgIpc) is 3.58. The van der Waals surface area contributed by atoms with E-state index in [0.29, 0.717) is 5.56 Å². The first-order valence-corrected chi connectivity index (χ1v) is 11.6. The quantitative estimate of drug-likeness (QED) is 0.490. The molecule has 1 atom stereocenters. The summed E-state index contributed by atoms with van der Waals surface area (Å²) >= 11 is 0. The molecule has 3 aromatic carbocycles. The number of nitrogens with zero attached hydrogens (tertiary/aromatic N) is 2. The maximum atomic E-state index is 13.6. The second kappa shape index (κ2) is 7.93. The van der Waals surface area contributed by atoms with Crippen LogP contribution < -0.4 is 0 Å². The third kappa shape index (κ3) is 3.23. The molecule has 1 aromatic heterocycles. The number of aromatic amines is 1. The van der Waals surface area contributed by atoms with E-state index in [9.17, 15) is 9.59 Å².